The smallest absolute Gasteiger partial charge is 0.219 e. The molecule has 1 N–H and O–H groups in total. The van der Waals surface area contributed by atoms with Crippen molar-refractivity contribution in [3.8, 4) is 0 Å². The molecule has 0 aromatic heterocycles. The maximum atomic E-state index is 13.7. The van der Waals surface area contributed by atoms with Gasteiger partial charge in [0.15, 0.2) is 0 Å². The SMILES string of the molecule is CC(=O)N1CCC(N[C@H](C)c2ccccc2F)CC1. The van der Waals surface area contributed by atoms with E-state index in [2.05, 4.69) is 5.32 Å². The van der Waals surface area contributed by atoms with Gasteiger partial charge in [-0.05, 0) is 25.8 Å². The van der Waals surface area contributed by atoms with Gasteiger partial charge in [-0.3, -0.25) is 4.79 Å². The standard InChI is InChI=1S/C15H21FN2O/c1-11(14-5-3-4-6-15(14)16)17-13-7-9-18(10-8-13)12(2)19/h3-6,11,13,17H,7-10H2,1-2H3/t11-/m1/s1. The highest BCUT2D eigenvalue weighted by atomic mass is 19.1. The van der Waals surface area contributed by atoms with E-state index < -0.39 is 0 Å². The average molecular weight is 264 g/mol. The van der Waals surface area contributed by atoms with Crippen LogP contribution in [0.5, 0.6) is 0 Å². The lowest BCUT2D eigenvalue weighted by Crippen LogP contribution is -2.44. The van der Waals surface area contributed by atoms with Gasteiger partial charge >= 0.3 is 0 Å². The van der Waals surface area contributed by atoms with E-state index in [1.807, 2.05) is 24.0 Å². The number of carbonyl (C=O) groups excluding carboxylic acids is 1. The largest absolute Gasteiger partial charge is 0.343 e. The molecule has 1 saturated heterocycles. The molecule has 0 radical (unpaired) electrons. The van der Waals surface area contributed by atoms with E-state index in [0.29, 0.717) is 11.6 Å². The summed E-state index contributed by atoms with van der Waals surface area (Å²) in [5, 5.41) is 3.46. The molecule has 0 unspecified atom stereocenters. The molecule has 0 bridgehead atoms. The summed E-state index contributed by atoms with van der Waals surface area (Å²) >= 11 is 0. The molecule has 1 atom stereocenters. The fraction of sp³-hybridized carbons (Fsp3) is 0.533. The molecule has 0 aliphatic carbocycles. The third kappa shape index (κ3) is 3.53. The zero-order valence-corrected chi connectivity index (χ0v) is 11.5. The Morgan fingerprint density at radius 3 is 2.58 bits per heavy atom. The molecule has 1 amide bonds. The van der Waals surface area contributed by atoms with Crippen molar-refractivity contribution in [2.24, 2.45) is 0 Å². The number of piperidine rings is 1. The van der Waals surface area contributed by atoms with Gasteiger partial charge in [0, 0.05) is 37.7 Å². The highest BCUT2D eigenvalue weighted by Gasteiger charge is 2.22. The van der Waals surface area contributed by atoms with Crippen LogP contribution < -0.4 is 5.32 Å². The van der Waals surface area contributed by atoms with Gasteiger partial charge < -0.3 is 10.2 Å². The molecule has 1 aliphatic rings. The van der Waals surface area contributed by atoms with E-state index in [1.54, 1.807) is 13.0 Å². The van der Waals surface area contributed by atoms with Crippen LogP contribution in [0.1, 0.15) is 38.3 Å². The third-order valence-electron chi connectivity index (χ3n) is 3.80. The molecule has 4 heteroatoms. The molecular weight excluding hydrogens is 243 g/mol. The van der Waals surface area contributed by atoms with E-state index in [9.17, 15) is 9.18 Å². The lowest BCUT2D eigenvalue weighted by molar-refractivity contribution is -0.129. The summed E-state index contributed by atoms with van der Waals surface area (Å²) in [7, 11) is 0. The van der Waals surface area contributed by atoms with Gasteiger partial charge in [-0.2, -0.15) is 0 Å². The highest BCUT2D eigenvalue weighted by Crippen LogP contribution is 2.19. The third-order valence-corrected chi connectivity index (χ3v) is 3.80. The van der Waals surface area contributed by atoms with Crippen molar-refractivity contribution in [2.75, 3.05) is 13.1 Å². The van der Waals surface area contributed by atoms with Gasteiger partial charge in [-0.15, -0.1) is 0 Å². The van der Waals surface area contributed by atoms with Gasteiger partial charge in [-0.1, -0.05) is 18.2 Å². The quantitative estimate of drug-likeness (QED) is 0.909. The molecule has 104 valence electrons. The minimum absolute atomic E-state index is 0.00456. The van der Waals surface area contributed by atoms with Gasteiger partial charge in [0.05, 0.1) is 0 Å². The van der Waals surface area contributed by atoms with Crippen LogP contribution in [0.2, 0.25) is 0 Å². The van der Waals surface area contributed by atoms with Gasteiger partial charge in [0.25, 0.3) is 0 Å². The minimum Gasteiger partial charge on any atom is -0.343 e. The predicted molar refractivity (Wildman–Crippen MR) is 73.2 cm³/mol. The van der Waals surface area contributed by atoms with Crippen molar-refractivity contribution in [1.82, 2.24) is 10.2 Å². The molecule has 19 heavy (non-hydrogen) atoms. The number of halogens is 1. The van der Waals surface area contributed by atoms with Crippen LogP contribution in [-0.2, 0) is 4.79 Å². The Balaban J connectivity index is 1.89. The molecular formula is C15H21FN2O. The fourth-order valence-electron chi connectivity index (χ4n) is 2.63. The van der Waals surface area contributed by atoms with Crippen molar-refractivity contribution < 1.29 is 9.18 Å². The van der Waals surface area contributed by atoms with Crippen LogP contribution in [0.25, 0.3) is 0 Å². The van der Waals surface area contributed by atoms with Crippen LogP contribution in [0.3, 0.4) is 0 Å². The Bertz CT molecular complexity index is 442. The summed E-state index contributed by atoms with van der Waals surface area (Å²) in [6.45, 7) is 5.17. The molecule has 1 fully saturated rings. The number of amides is 1. The zero-order valence-electron chi connectivity index (χ0n) is 11.5. The first kappa shape index (κ1) is 14.0. The summed E-state index contributed by atoms with van der Waals surface area (Å²) in [6, 6.07) is 7.22. The average Bonchev–Trinajstić information content (AvgIpc) is 2.39. The van der Waals surface area contributed by atoms with Crippen LogP contribution in [-0.4, -0.2) is 29.9 Å². The summed E-state index contributed by atoms with van der Waals surface area (Å²) in [5.41, 5.74) is 0.705. The first-order chi connectivity index (χ1) is 9.08. The van der Waals surface area contributed by atoms with E-state index in [0.717, 1.165) is 25.9 Å². The van der Waals surface area contributed by atoms with Gasteiger partial charge in [-0.25, -0.2) is 4.39 Å². The molecule has 2 rings (SSSR count). The van der Waals surface area contributed by atoms with E-state index in [1.165, 1.54) is 6.07 Å². The van der Waals surface area contributed by atoms with Crippen molar-refractivity contribution in [1.29, 1.82) is 0 Å². The summed E-state index contributed by atoms with van der Waals surface area (Å²) in [4.78, 5) is 13.1. The second kappa shape index (κ2) is 6.15. The molecule has 1 aromatic carbocycles. The number of hydrogen-bond acceptors (Lipinski definition) is 2. The van der Waals surface area contributed by atoms with E-state index in [-0.39, 0.29) is 17.8 Å². The summed E-state index contributed by atoms with van der Waals surface area (Å²) in [6.07, 6.45) is 1.86. The topological polar surface area (TPSA) is 32.3 Å². The number of hydrogen-bond donors (Lipinski definition) is 1. The highest BCUT2D eigenvalue weighted by molar-refractivity contribution is 5.73. The first-order valence-corrected chi connectivity index (χ1v) is 6.84. The fourth-order valence-corrected chi connectivity index (χ4v) is 2.63. The Hall–Kier alpha value is -1.42. The molecule has 1 aliphatic heterocycles. The van der Waals surface area contributed by atoms with Crippen LogP contribution in [0.4, 0.5) is 4.39 Å². The van der Waals surface area contributed by atoms with Crippen molar-refractivity contribution in [2.45, 2.75) is 38.8 Å². The summed E-state index contributed by atoms with van der Waals surface area (Å²) in [5.74, 6) is -0.0238. The number of rotatable bonds is 3. The second-order valence-electron chi connectivity index (χ2n) is 5.19. The monoisotopic (exact) mass is 264 g/mol. The van der Waals surface area contributed by atoms with Crippen molar-refractivity contribution in [3.05, 3.63) is 35.6 Å². The number of likely N-dealkylation sites (tertiary alicyclic amines) is 1. The second-order valence-corrected chi connectivity index (χ2v) is 5.19. The van der Waals surface area contributed by atoms with Crippen LogP contribution in [0, 0.1) is 5.82 Å². The van der Waals surface area contributed by atoms with Gasteiger partial charge in [0.1, 0.15) is 5.82 Å². The van der Waals surface area contributed by atoms with Crippen molar-refractivity contribution in [3.63, 3.8) is 0 Å². The zero-order chi connectivity index (χ0) is 13.8. The van der Waals surface area contributed by atoms with Crippen LogP contribution >= 0.6 is 0 Å². The molecule has 0 saturated carbocycles. The number of benzene rings is 1. The first-order valence-electron chi connectivity index (χ1n) is 6.84. The molecule has 1 heterocycles. The number of nitrogens with one attached hydrogen (secondary N) is 1. The molecule has 0 spiro atoms. The molecule has 3 nitrogen and oxygen atoms in total. The minimum atomic E-state index is -0.163. The Labute approximate surface area is 113 Å². The summed E-state index contributed by atoms with van der Waals surface area (Å²) < 4.78 is 13.7. The maximum absolute atomic E-state index is 13.7. The Morgan fingerprint density at radius 1 is 1.37 bits per heavy atom. The number of nitrogens with zero attached hydrogens (tertiary/aromatic N) is 1. The van der Waals surface area contributed by atoms with Crippen LogP contribution in [0.15, 0.2) is 24.3 Å². The Kier molecular flexibility index (Phi) is 4.53. The maximum Gasteiger partial charge on any atom is 0.219 e. The number of carbonyl (C=O) groups is 1. The predicted octanol–water partition coefficient (Wildman–Crippen LogP) is 2.49. The Morgan fingerprint density at radius 2 is 2.00 bits per heavy atom. The van der Waals surface area contributed by atoms with Crippen molar-refractivity contribution >= 4 is 5.91 Å². The lowest BCUT2D eigenvalue weighted by Gasteiger charge is -2.33. The van der Waals surface area contributed by atoms with E-state index in [4.69, 9.17) is 0 Å². The van der Waals surface area contributed by atoms with E-state index >= 15 is 0 Å². The lowest BCUT2D eigenvalue weighted by atomic mass is 10.0. The van der Waals surface area contributed by atoms with Gasteiger partial charge in [0.2, 0.25) is 5.91 Å². The normalized spacial score (nSPS) is 18.4. The molecule has 1 aromatic rings.